The van der Waals surface area contributed by atoms with Gasteiger partial charge in [-0.2, -0.15) is 0 Å². The molecule has 3 aliphatic rings. The summed E-state index contributed by atoms with van der Waals surface area (Å²) in [6.45, 7) is 0.783. The first-order chi connectivity index (χ1) is 14.0. The molecule has 0 aromatic rings. The van der Waals surface area contributed by atoms with Gasteiger partial charge < -0.3 is 14.6 Å². The molecule has 0 amide bonds. The van der Waals surface area contributed by atoms with E-state index in [-0.39, 0.29) is 24.9 Å². The van der Waals surface area contributed by atoms with Crippen molar-refractivity contribution in [1.82, 2.24) is 0 Å². The second-order valence-corrected chi connectivity index (χ2v) is 8.80. The summed E-state index contributed by atoms with van der Waals surface area (Å²) in [5.41, 5.74) is 0. The van der Waals surface area contributed by atoms with Crippen molar-refractivity contribution in [3.63, 3.8) is 0 Å². The number of carboxylic acids is 1. The average Bonchev–Trinajstić information content (AvgIpc) is 2.96. The summed E-state index contributed by atoms with van der Waals surface area (Å²) in [7, 11) is 0. The molecule has 0 bridgehead atoms. The number of rotatable bonds is 9. The Morgan fingerprint density at radius 2 is 2.14 bits per heavy atom. The van der Waals surface area contributed by atoms with Crippen LogP contribution < -0.4 is 0 Å². The maximum Gasteiger partial charge on any atom is 0.303 e. The Kier molecular flexibility index (Phi) is 8.37. The minimum absolute atomic E-state index is 0.0267. The summed E-state index contributed by atoms with van der Waals surface area (Å²) in [6.07, 6.45) is 15.4. The Labute approximate surface area is 177 Å². The fraction of sp³-hybridized carbons (Fsp3) is 0.652. The lowest BCUT2D eigenvalue weighted by Gasteiger charge is -2.20. The van der Waals surface area contributed by atoms with Crippen LogP contribution in [0.15, 0.2) is 35.1 Å². The smallest absolute Gasteiger partial charge is 0.303 e. The van der Waals surface area contributed by atoms with Crippen molar-refractivity contribution in [2.75, 3.05) is 13.2 Å². The Morgan fingerprint density at radius 3 is 2.93 bits per heavy atom. The zero-order valence-electron chi connectivity index (χ0n) is 16.9. The van der Waals surface area contributed by atoms with Crippen LogP contribution in [0.25, 0.3) is 0 Å². The summed E-state index contributed by atoms with van der Waals surface area (Å²) in [6, 6.07) is 0. The predicted molar refractivity (Wildman–Crippen MR) is 112 cm³/mol. The normalized spacial score (nSPS) is 29.7. The standard InChI is InChI=1S/C23H31ClO5/c24-18-4-2-5-20(13-18)28-15-19(25)10-8-17-9-12-22-21(17)11-7-16(14-29-22)3-1-6-23(26)27/h4,8,10,13,16-17,21-22H,1-3,5-7,9,11-12,14-15H2,(H,26,27)/b10-8+/t16-,17-,21+,22-/m0/s1. The first-order valence-electron chi connectivity index (χ1n) is 10.7. The van der Waals surface area contributed by atoms with Gasteiger partial charge >= 0.3 is 5.97 Å². The van der Waals surface area contributed by atoms with Crippen LogP contribution in [-0.4, -0.2) is 36.2 Å². The van der Waals surface area contributed by atoms with Gasteiger partial charge in [-0.25, -0.2) is 0 Å². The third kappa shape index (κ3) is 7.00. The SMILES string of the molecule is O=C(O)CCC[C@H]1CC[C@H]2[C@H](CC[C@@H]2/C=C/C(=O)COC2=CC(Cl)=CCC2)OC1. The predicted octanol–water partition coefficient (Wildman–Crippen LogP) is 5.01. The fourth-order valence-electron chi connectivity index (χ4n) is 4.64. The molecule has 2 aliphatic carbocycles. The van der Waals surface area contributed by atoms with Crippen molar-refractivity contribution >= 4 is 23.4 Å². The van der Waals surface area contributed by atoms with Gasteiger partial charge in [0.1, 0.15) is 6.61 Å². The van der Waals surface area contributed by atoms with E-state index >= 15 is 0 Å². The van der Waals surface area contributed by atoms with E-state index in [1.165, 1.54) is 0 Å². The van der Waals surface area contributed by atoms with Crippen LogP contribution in [0, 0.1) is 17.8 Å². The van der Waals surface area contributed by atoms with Gasteiger partial charge in [-0.05, 0) is 74.9 Å². The second kappa shape index (κ2) is 11.0. The monoisotopic (exact) mass is 422 g/mol. The zero-order valence-corrected chi connectivity index (χ0v) is 17.6. The van der Waals surface area contributed by atoms with Crippen molar-refractivity contribution in [2.24, 2.45) is 17.8 Å². The molecule has 1 aliphatic heterocycles. The summed E-state index contributed by atoms with van der Waals surface area (Å²) in [4.78, 5) is 22.9. The number of hydrogen-bond acceptors (Lipinski definition) is 4. The molecule has 4 atom stereocenters. The number of ether oxygens (including phenoxy) is 2. The molecule has 0 aromatic heterocycles. The maximum absolute atomic E-state index is 12.2. The molecule has 6 heteroatoms. The molecule has 3 rings (SSSR count). The Morgan fingerprint density at radius 1 is 1.28 bits per heavy atom. The molecule has 2 fully saturated rings. The first-order valence-corrected chi connectivity index (χ1v) is 11.1. The third-order valence-electron chi connectivity index (χ3n) is 6.23. The number of carbonyl (C=O) groups excluding carboxylic acids is 1. The highest BCUT2D eigenvalue weighted by Gasteiger charge is 2.37. The van der Waals surface area contributed by atoms with Crippen LogP contribution in [0.5, 0.6) is 0 Å². The van der Waals surface area contributed by atoms with Gasteiger partial charge in [-0.15, -0.1) is 0 Å². The average molecular weight is 423 g/mol. The van der Waals surface area contributed by atoms with Crippen LogP contribution in [0.1, 0.15) is 57.8 Å². The van der Waals surface area contributed by atoms with Gasteiger partial charge in [-0.3, -0.25) is 9.59 Å². The molecule has 1 saturated heterocycles. The molecule has 0 unspecified atom stereocenters. The number of fused-ring (bicyclic) bond motifs is 1. The second-order valence-electron chi connectivity index (χ2n) is 8.36. The molecular formula is C23H31ClO5. The molecular weight excluding hydrogens is 392 g/mol. The number of halogens is 1. The third-order valence-corrected chi connectivity index (χ3v) is 6.49. The lowest BCUT2D eigenvalue weighted by molar-refractivity contribution is -0.137. The maximum atomic E-state index is 12.2. The van der Waals surface area contributed by atoms with Gasteiger partial charge in [0, 0.05) is 24.5 Å². The van der Waals surface area contributed by atoms with Crippen molar-refractivity contribution in [1.29, 1.82) is 0 Å². The molecule has 160 valence electrons. The van der Waals surface area contributed by atoms with Crippen LogP contribution in [0.2, 0.25) is 0 Å². The molecule has 1 heterocycles. The van der Waals surface area contributed by atoms with Crippen molar-refractivity contribution in [3.8, 4) is 0 Å². The van der Waals surface area contributed by atoms with Crippen molar-refractivity contribution in [3.05, 3.63) is 35.1 Å². The first kappa shape index (κ1) is 22.1. The number of aliphatic carboxylic acids is 1. The largest absolute Gasteiger partial charge is 0.490 e. The highest BCUT2D eigenvalue weighted by molar-refractivity contribution is 6.31. The van der Waals surface area contributed by atoms with E-state index in [9.17, 15) is 9.59 Å². The molecule has 0 spiro atoms. The topological polar surface area (TPSA) is 72.8 Å². The summed E-state index contributed by atoms with van der Waals surface area (Å²) in [5.74, 6) is 1.29. The summed E-state index contributed by atoms with van der Waals surface area (Å²) >= 11 is 5.97. The fourth-order valence-corrected chi connectivity index (χ4v) is 4.87. The van der Waals surface area contributed by atoms with Crippen LogP contribution in [0.3, 0.4) is 0 Å². The van der Waals surface area contributed by atoms with E-state index < -0.39 is 5.97 Å². The van der Waals surface area contributed by atoms with E-state index in [1.807, 2.05) is 12.2 Å². The van der Waals surface area contributed by atoms with E-state index in [0.29, 0.717) is 29.2 Å². The summed E-state index contributed by atoms with van der Waals surface area (Å²) in [5, 5.41) is 9.47. The number of allylic oxidation sites excluding steroid dienone is 5. The lowest BCUT2D eigenvalue weighted by Crippen LogP contribution is -2.20. The van der Waals surface area contributed by atoms with Crippen LogP contribution >= 0.6 is 11.6 Å². The van der Waals surface area contributed by atoms with Gasteiger partial charge in [-0.1, -0.05) is 23.8 Å². The molecule has 29 heavy (non-hydrogen) atoms. The van der Waals surface area contributed by atoms with E-state index in [0.717, 1.165) is 57.3 Å². The Hall–Kier alpha value is -1.59. The van der Waals surface area contributed by atoms with Crippen LogP contribution in [0.4, 0.5) is 0 Å². The summed E-state index contributed by atoms with van der Waals surface area (Å²) < 4.78 is 11.7. The molecule has 0 aromatic carbocycles. The minimum atomic E-state index is -0.727. The highest BCUT2D eigenvalue weighted by atomic mass is 35.5. The molecule has 1 saturated carbocycles. The van der Waals surface area contributed by atoms with E-state index in [4.69, 9.17) is 26.2 Å². The molecule has 5 nitrogen and oxygen atoms in total. The van der Waals surface area contributed by atoms with Crippen LogP contribution in [-0.2, 0) is 19.1 Å². The quantitative estimate of drug-likeness (QED) is 0.529. The highest BCUT2D eigenvalue weighted by Crippen LogP contribution is 2.41. The molecule has 0 radical (unpaired) electrons. The van der Waals surface area contributed by atoms with Crippen molar-refractivity contribution < 1.29 is 24.2 Å². The van der Waals surface area contributed by atoms with Gasteiger partial charge in [0.25, 0.3) is 0 Å². The Balaban J connectivity index is 1.43. The zero-order chi connectivity index (χ0) is 20.6. The molecule has 1 N–H and O–H groups in total. The minimum Gasteiger partial charge on any atom is -0.490 e. The van der Waals surface area contributed by atoms with Gasteiger partial charge in [0.2, 0.25) is 0 Å². The number of ketones is 1. The number of carbonyl (C=O) groups is 2. The van der Waals surface area contributed by atoms with Gasteiger partial charge in [0.15, 0.2) is 5.78 Å². The van der Waals surface area contributed by atoms with Crippen molar-refractivity contribution in [2.45, 2.75) is 63.9 Å². The van der Waals surface area contributed by atoms with E-state index in [1.54, 1.807) is 12.2 Å². The van der Waals surface area contributed by atoms with E-state index in [2.05, 4.69) is 0 Å². The number of hydrogen-bond donors (Lipinski definition) is 1. The number of carboxylic acid groups (broad SMARTS) is 1. The Bertz CT molecular complexity index is 681. The lowest BCUT2D eigenvalue weighted by atomic mass is 9.87. The van der Waals surface area contributed by atoms with Gasteiger partial charge in [0.05, 0.1) is 11.9 Å².